The number of hydrogen-bond acceptors (Lipinski definition) is 4. The zero-order valence-electron chi connectivity index (χ0n) is 16.7. The average Bonchev–Trinajstić information content (AvgIpc) is 2.71. The van der Waals surface area contributed by atoms with Gasteiger partial charge in [0, 0.05) is 6.54 Å². The lowest BCUT2D eigenvalue weighted by Crippen LogP contribution is -2.40. The van der Waals surface area contributed by atoms with Gasteiger partial charge in [-0.15, -0.1) is 0 Å². The van der Waals surface area contributed by atoms with Gasteiger partial charge in [0.1, 0.15) is 6.04 Å². The van der Waals surface area contributed by atoms with E-state index < -0.39 is 10.0 Å². The second-order valence-corrected chi connectivity index (χ2v) is 8.46. The van der Waals surface area contributed by atoms with Crippen LogP contribution in [0.25, 0.3) is 0 Å². The Labute approximate surface area is 168 Å². The summed E-state index contributed by atoms with van der Waals surface area (Å²) < 4.78 is 25.6. The van der Waals surface area contributed by atoms with E-state index in [0.717, 1.165) is 24.2 Å². The third-order valence-electron chi connectivity index (χ3n) is 4.70. The Morgan fingerprint density at radius 2 is 1.54 bits per heavy atom. The summed E-state index contributed by atoms with van der Waals surface area (Å²) >= 11 is 0. The van der Waals surface area contributed by atoms with Crippen molar-refractivity contribution in [1.29, 1.82) is 0 Å². The van der Waals surface area contributed by atoms with E-state index in [-0.39, 0.29) is 17.7 Å². The van der Waals surface area contributed by atoms with E-state index in [0.29, 0.717) is 12.1 Å². The van der Waals surface area contributed by atoms with E-state index in [2.05, 4.69) is 14.9 Å². The van der Waals surface area contributed by atoms with Crippen molar-refractivity contribution in [2.75, 3.05) is 20.1 Å². The number of likely N-dealkylation sites (N-methyl/N-ethyl adjacent to an activating group) is 1. The molecule has 0 aliphatic heterocycles. The highest BCUT2D eigenvalue weighted by molar-refractivity contribution is 7.88. The minimum atomic E-state index is -3.29. The number of sulfonamides is 1. The maximum atomic E-state index is 12.9. The zero-order valence-corrected chi connectivity index (χ0v) is 17.5. The molecule has 0 fully saturated rings. The van der Waals surface area contributed by atoms with E-state index in [4.69, 9.17) is 0 Å². The van der Waals surface area contributed by atoms with Crippen LogP contribution in [0.2, 0.25) is 0 Å². The number of nitrogens with one attached hydrogen (secondary N) is 2. The van der Waals surface area contributed by atoms with Crippen molar-refractivity contribution in [1.82, 2.24) is 14.9 Å². The maximum absolute atomic E-state index is 12.9. The van der Waals surface area contributed by atoms with E-state index in [9.17, 15) is 13.2 Å². The second kappa shape index (κ2) is 10.4. The third kappa shape index (κ3) is 6.15. The summed E-state index contributed by atoms with van der Waals surface area (Å²) in [7, 11) is -1.89. The molecule has 6 nitrogen and oxygen atoms in total. The molecule has 0 heterocycles. The molecular weight excluding hydrogens is 374 g/mol. The highest BCUT2D eigenvalue weighted by Crippen LogP contribution is 2.21. The van der Waals surface area contributed by atoms with Gasteiger partial charge in [-0.1, -0.05) is 68.4 Å². The molecule has 0 aliphatic rings. The van der Waals surface area contributed by atoms with Crippen LogP contribution in [0, 0.1) is 0 Å². The van der Waals surface area contributed by atoms with Crippen molar-refractivity contribution in [3.05, 3.63) is 71.3 Å². The van der Waals surface area contributed by atoms with Gasteiger partial charge in [0.05, 0.1) is 5.75 Å². The van der Waals surface area contributed by atoms with Gasteiger partial charge in [0.2, 0.25) is 15.9 Å². The lowest BCUT2D eigenvalue weighted by atomic mass is 10.0. The fourth-order valence-electron chi connectivity index (χ4n) is 3.08. The Morgan fingerprint density at radius 1 is 0.964 bits per heavy atom. The molecule has 2 aromatic carbocycles. The Hall–Kier alpha value is -2.22. The SMILES string of the molecule is CCN(CC)C(C(=O)NCc1ccc(CS(=O)(=O)NC)cc1)c1ccccc1. The normalized spacial score (nSPS) is 12.7. The predicted molar refractivity (Wildman–Crippen MR) is 112 cm³/mol. The molecule has 0 saturated carbocycles. The van der Waals surface area contributed by atoms with Crippen LogP contribution in [0.1, 0.15) is 36.6 Å². The standard InChI is InChI=1S/C21H29N3O3S/c1-4-24(5-2)20(19-9-7-6-8-10-19)21(25)23-15-17-11-13-18(14-12-17)16-28(26,27)22-3/h6-14,20,22H,4-5,15-16H2,1-3H3,(H,23,25). The fraction of sp³-hybridized carbons (Fsp3) is 0.381. The summed E-state index contributed by atoms with van der Waals surface area (Å²) in [6.07, 6.45) is 0. The first-order valence-corrected chi connectivity index (χ1v) is 11.1. The minimum absolute atomic E-state index is 0.0447. The average molecular weight is 404 g/mol. The highest BCUT2D eigenvalue weighted by atomic mass is 32.2. The van der Waals surface area contributed by atoms with Crippen molar-refractivity contribution < 1.29 is 13.2 Å². The quantitative estimate of drug-likeness (QED) is 0.639. The zero-order chi connectivity index (χ0) is 20.6. The van der Waals surface area contributed by atoms with Gasteiger partial charge in [-0.3, -0.25) is 9.69 Å². The van der Waals surface area contributed by atoms with E-state index in [1.807, 2.05) is 56.3 Å². The van der Waals surface area contributed by atoms with Crippen LogP contribution in [0.5, 0.6) is 0 Å². The van der Waals surface area contributed by atoms with E-state index in [1.165, 1.54) is 7.05 Å². The van der Waals surface area contributed by atoms with Gasteiger partial charge in [-0.2, -0.15) is 0 Å². The molecule has 2 aromatic rings. The maximum Gasteiger partial charge on any atom is 0.242 e. The smallest absolute Gasteiger partial charge is 0.242 e. The molecule has 0 spiro atoms. The topological polar surface area (TPSA) is 78.5 Å². The fourth-order valence-corrected chi connectivity index (χ4v) is 3.86. The summed E-state index contributed by atoms with van der Waals surface area (Å²) in [6.45, 7) is 6.04. The van der Waals surface area contributed by atoms with Gasteiger partial charge < -0.3 is 5.32 Å². The molecule has 0 aromatic heterocycles. The van der Waals surface area contributed by atoms with E-state index in [1.54, 1.807) is 12.1 Å². The van der Waals surface area contributed by atoms with Crippen molar-refractivity contribution in [2.45, 2.75) is 32.2 Å². The number of amides is 1. The number of carbonyl (C=O) groups is 1. The molecule has 1 unspecified atom stereocenters. The first kappa shape index (κ1) is 22.1. The van der Waals surface area contributed by atoms with E-state index >= 15 is 0 Å². The van der Waals surface area contributed by atoms with Crippen LogP contribution in [-0.4, -0.2) is 39.4 Å². The molecule has 0 aliphatic carbocycles. The Morgan fingerprint density at radius 3 is 2.07 bits per heavy atom. The Kier molecular flexibility index (Phi) is 8.17. The van der Waals surface area contributed by atoms with Crippen LogP contribution < -0.4 is 10.0 Å². The number of rotatable bonds is 10. The highest BCUT2D eigenvalue weighted by Gasteiger charge is 2.25. The molecule has 0 bridgehead atoms. The molecular formula is C21H29N3O3S. The number of nitrogens with zero attached hydrogens (tertiary/aromatic N) is 1. The van der Waals surface area contributed by atoms with Crippen molar-refractivity contribution >= 4 is 15.9 Å². The van der Waals surface area contributed by atoms with Gasteiger partial charge in [-0.05, 0) is 36.8 Å². The number of hydrogen-bond donors (Lipinski definition) is 2. The van der Waals surface area contributed by atoms with Crippen molar-refractivity contribution in [2.24, 2.45) is 0 Å². The van der Waals surface area contributed by atoms with Crippen LogP contribution in [0.4, 0.5) is 0 Å². The molecule has 0 radical (unpaired) electrons. The number of carbonyl (C=O) groups excluding carboxylic acids is 1. The lowest BCUT2D eigenvalue weighted by Gasteiger charge is -2.29. The summed E-state index contributed by atoms with van der Waals surface area (Å²) in [4.78, 5) is 15.1. The van der Waals surface area contributed by atoms with Gasteiger partial charge >= 0.3 is 0 Å². The van der Waals surface area contributed by atoms with Crippen LogP contribution in [-0.2, 0) is 27.1 Å². The Bertz CT molecular complexity index is 848. The molecule has 2 N–H and O–H groups in total. The van der Waals surface area contributed by atoms with Gasteiger partial charge in [0.25, 0.3) is 0 Å². The first-order chi connectivity index (χ1) is 13.4. The minimum Gasteiger partial charge on any atom is -0.350 e. The largest absolute Gasteiger partial charge is 0.350 e. The summed E-state index contributed by atoms with van der Waals surface area (Å²) in [5.41, 5.74) is 2.59. The monoisotopic (exact) mass is 403 g/mol. The second-order valence-electron chi connectivity index (χ2n) is 6.53. The summed E-state index contributed by atoms with van der Waals surface area (Å²) in [5, 5.41) is 3.01. The summed E-state index contributed by atoms with van der Waals surface area (Å²) in [6, 6.07) is 16.7. The number of benzene rings is 2. The van der Waals surface area contributed by atoms with Crippen LogP contribution in [0.15, 0.2) is 54.6 Å². The van der Waals surface area contributed by atoms with Crippen molar-refractivity contribution in [3.8, 4) is 0 Å². The lowest BCUT2D eigenvalue weighted by molar-refractivity contribution is -0.126. The third-order valence-corrected chi connectivity index (χ3v) is 6.03. The molecule has 1 amide bonds. The van der Waals surface area contributed by atoms with Gasteiger partial charge in [0.15, 0.2) is 0 Å². The first-order valence-electron chi connectivity index (χ1n) is 9.46. The molecule has 2 rings (SSSR count). The van der Waals surface area contributed by atoms with Gasteiger partial charge in [-0.25, -0.2) is 13.1 Å². The Balaban J connectivity index is 2.06. The van der Waals surface area contributed by atoms with Crippen LogP contribution in [0.3, 0.4) is 0 Å². The van der Waals surface area contributed by atoms with Crippen molar-refractivity contribution in [3.63, 3.8) is 0 Å². The van der Waals surface area contributed by atoms with Crippen LogP contribution >= 0.6 is 0 Å². The molecule has 7 heteroatoms. The molecule has 0 saturated heterocycles. The molecule has 28 heavy (non-hydrogen) atoms. The summed E-state index contributed by atoms with van der Waals surface area (Å²) in [5.74, 6) is -0.106. The predicted octanol–water partition coefficient (Wildman–Crippen LogP) is 2.44. The molecule has 1 atom stereocenters. The molecule has 152 valence electrons.